The molecule has 1 aromatic rings. The number of aromatic hydroxyl groups is 1. The predicted octanol–water partition coefficient (Wildman–Crippen LogP) is 3.04. The molecule has 8 rings (SSSR count). The maximum absolute atomic E-state index is 13.6. The number of rotatable bonds is 3. The Morgan fingerprint density at radius 2 is 1.97 bits per heavy atom. The lowest BCUT2D eigenvalue weighted by atomic mass is 9.48. The molecule has 2 unspecified atom stereocenters. The van der Waals surface area contributed by atoms with Crippen LogP contribution in [0.4, 0.5) is 0 Å². The number of carbonyl (C=O) groups is 1. The zero-order chi connectivity index (χ0) is 22.8. The molecule has 4 aliphatic carbocycles. The molecule has 7 aliphatic rings. The van der Waals surface area contributed by atoms with Crippen molar-refractivity contribution in [2.75, 3.05) is 19.6 Å². The number of piperidine rings is 1. The number of hydrogen-bond donors (Lipinski definition) is 2. The van der Waals surface area contributed by atoms with E-state index in [0.717, 1.165) is 75.2 Å². The van der Waals surface area contributed by atoms with Crippen molar-refractivity contribution < 1.29 is 19.7 Å². The Morgan fingerprint density at radius 1 is 1.12 bits per heavy atom. The zero-order valence-electron chi connectivity index (χ0n) is 19.8. The number of benzene rings is 1. The molecule has 5 atom stereocenters. The maximum atomic E-state index is 13.6. The second-order valence-corrected chi connectivity index (χ2v) is 12.1. The minimum absolute atomic E-state index is 0.0632. The first kappa shape index (κ1) is 20.2. The lowest BCUT2D eigenvalue weighted by Gasteiger charge is -2.64. The number of hydrogen-bond acceptors (Lipinski definition) is 5. The molecular weight excluding hydrogens is 428 g/mol. The first-order valence-corrected chi connectivity index (χ1v) is 13.5. The summed E-state index contributed by atoms with van der Waals surface area (Å²) in [6, 6.07) is 3.84. The second kappa shape index (κ2) is 6.58. The van der Waals surface area contributed by atoms with Gasteiger partial charge in [-0.15, -0.1) is 0 Å². The van der Waals surface area contributed by atoms with Crippen LogP contribution in [0.2, 0.25) is 0 Å². The Bertz CT molecular complexity index is 1140. The monoisotopic (exact) mass is 462 g/mol. The molecule has 2 saturated carbocycles. The third-order valence-corrected chi connectivity index (χ3v) is 10.6. The van der Waals surface area contributed by atoms with E-state index in [-0.39, 0.29) is 29.8 Å². The molecule has 3 heterocycles. The van der Waals surface area contributed by atoms with Crippen molar-refractivity contribution in [3.8, 4) is 11.5 Å². The average Bonchev–Trinajstić information content (AvgIpc) is 3.49. The minimum atomic E-state index is -0.886. The zero-order valence-corrected chi connectivity index (χ0v) is 19.8. The highest BCUT2D eigenvalue weighted by molar-refractivity contribution is 5.97. The molecule has 0 aromatic heterocycles. The number of likely N-dealkylation sites (tertiary alicyclic amines) is 1. The average molecular weight is 463 g/mol. The summed E-state index contributed by atoms with van der Waals surface area (Å²) >= 11 is 0. The molecule has 0 radical (unpaired) electrons. The first-order chi connectivity index (χ1) is 16.5. The highest BCUT2D eigenvalue weighted by atomic mass is 16.5. The summed E-state index contributed by atoms with van der Waals surface area (Å²) in [6.45, 7) is 2.76. The van der Waals surface area contributed by atoms with Crippen LogP contribution in [0.3, 0.4) is 0 Å². The number of carbonyl (C=O) groups excluding carboxylic acids is 1. The summed E-state index contributed by atoms with van der Waals surface area (Å²) < 4.78 is 6.69. The molecule has 180 valence electrons. The van der Waals surface area contributed by atoms with Crippen LogP contribution in [0.15, 0.2) is 23.3 Å². The van der Waals surface area contributed by atoms with Gasteiger partial charge in [-0.25, -0.2) is 0 Å². The van der Waals surface area contributed by atoms with E-state index in [1.165, 1.54) is 30.4 Å². The molecule has 6 heteroatoms. The fourth-order valence-electron chi connectivity index (χ4n) is 8.89. The summed E-state index contributed by atoms with van der Waals surface area (Å²) in [5.41, 5.74) is 3.21. The molecule has 34 heavy (non-hydrogen) atoms. The van der Waals surface area contributed by atoms with Crippen molar-refractivity contribution >= 4 is 5.91 Å². The van der Waals surface area contributed by atoms with E-state index >= 15 is 0 Å². The highest BCUT2D eigenvalue weighted by Crippen LogP contribution is 2.66. The quantitative estimate of drug-likeness (QED) is 0.723. The van der Waals surface area contributed by atoms with Crippen molar-refractivity contribution in [1.82, 2.24) is 9.80 Å². The van der Waals surface area contributed by atoms with Gasteiger partial charge >= 0.3 is 0 Å². The third kappa shape index (κ3) is 2.32. The molecule has 1 saturated heterocycles. The lowest BCUT2D eigenvalue weighted by Crippen LogP contribution is -2.78. The predicted molar refractivity (Wildman–Crippen MR) is 126 cm³/mol. The molecule has 1 amide bonds. The third-order valence-electron chi connectivity index (χ3n) is 10.6. The molecule has 3 fully saturated rings. The number of phenolic OH excluding ortho intramolecular Hbond substituents is 1. The fraction of sp³-hybridized carbons (Fsp3) is 0.679. The van der Waals surface area contributed by atoms with E-state index in [1.807, 2.05) is 0 Å². The molecule has 2 N–H and O–H groups in total. The van der Waals surface area contributed by atoms with Crippen molar-refractivity contribution in [3.63, 3.8) is 0 Å². The van der Waals surface area contributed by atoms with E-state index in [1.54, 1.807) is 6.07 Å². The van der Waals surface area contributed by atoms with Crippen LogP contribution in [0.5, 0.6) is 11.5 Å². The Kier molecular flexibility index (Phi) is 3.90. The number of nitrogens with zero attached hydrogens (tertiary/aromatic N) is 2. The number of phenols is 1. The molecule has 6 nitrogen and oxygen atoms in total. The number of amides is 1. The van der Waals surface area contributed by atoms with Gasteiger partial charge in [0.1, 0.15) is 6.10 Å². The van der Waals surface area contributed by atoms with Gasteiger partial charge in [-0.05, 0) is 93.9 Å². The van der Waals surface area contributed by atoms with Crippen molar-refractivity contribution in [2.45, 2.75) is 93.4 Å². The molecule has 1 aromatic carbocycles. The van der Waals surface area contributed by atoms with Gasteiger partial charge in [0.15, 0.2) is 11.5 Å². The summed E-state index contributed by atoms with van der Waals surface area (Å²) in [7, 11) is 0. The van der Waals surface area contributed by atoms with Crippen molar-refractivity contribution in [1.29, 1.82) is 0 Å². The SMILES string of the molecule is O=C1C2=C(CCCC2)CN1C1CC[C@@]2(O)[C@H]3Cc4ccc(O)c5c4[C@@]2(CCN3CC2CC2)C1O5. The van der Waals surface area contributed by atoms with Gasteiger partial charge in [-0.2, -0.15) is 0 Å². The van der Waals surface area contributed by atoms with Crippen LogP contribution in [-0.4, -0.2) is 69.3 Å². The van der Waals surface area contributed by atoms with E-state index < -0.39 is 11.0 Å². The van der Waals surface area contributed by atoms with Gasteiger partial charge in [0.25, 0.3) is 0 Å². The van der Waals surface area contributed by atoms with Crippen molar-refractivity contribution in [2.24, 2.45) is 5.92 Å². The van der Waals surface area contributed by atoms with Crippen LogP contribution in [0.25, 0.3) is 0 Å². The molecule has 2 bridgehead atoms. The topological polar surface area (TPSA) is 73.2 Å². The number of aliphatic hydroxyl groups is 1. The van der Waals surface area contributed by atoms with Crippen LogP contribution >= 0.6 is 0 Å². The largest absolute Gasteiger partial charge is 0.504 e. The number of ether oxygens (including phenoxy) is 1. The Morgan fingerprint density at radius 3 is 2.79 bits per heavy atom. The van der Waals surface area contributed by atoms with E-state index in [0.29, 0.717) is 12.2 Å². The minimum Gasteiger partial charge on any atom is -0.504 e. The molecule has 1 spiro atoms. The Hall–Kier alpha value is -2.05. The van der Waals surface area contributed by atoms with Gasteiger partial charge in [0, 0.05) is 30.3 Å². The standard InChI is InChI=1S/C28H34N2O4/c31-21-8-7-17-13-22-28(33)10-9-20(30-15-18-3-1-2-4-19(18)26(30)32)25-27(28,23(17)24(21)34-25)11-12-29(22)14-16-5-6-16/h7-8,16,20,22,25,31,33H,1-6,9-15H2/t20?,22-,25?,27+,28-/m1/s1. The van der Waals surface area contributed by atoms with Crippen LogP contribution in [0, 0.1) is 5.92 Å². The van der Waals surface area contributed by atoms with Crippen molar-refractivity contribution in [3.05, 3.63) is 34.4 Å². The van der Waals surface area contributed by atoms with Crippen LogP contribution in [0.1, 0.15) is 68.9 Å². The second-order valence-electron chi connectivity index (χ2n) is 12.1. The maximum Gasteiger partial charge on any atom is 0.250 e. The fourth-order valence-corrected chi connectivity index (χ4v) is 8.89. The molecule has 3 aliphatic heterocycles. The first-order valence-electron chi connectivity index (χ1n) is 13.5. The van der Waals surface area contributed by atoms with Crippen LogP contribution < -0.4 is 4.74 Å². The van der Waals surface area contributed by atoms with E-state index in [2.05, 4.69) is 15.9 Å². The summed E-state index contributed by atoms with van der Waals surface area (Å²) in [6.07, 6.45) is 9.62. The van der Waals surface area contributed by atoms with Gasteiger partial charge in [0.2, 0.25) is 5.91 Å². The van der Waals surface area contributed by atoms with Gasteiger partial charge in [-0.1, -0.05) is 6.07 Å². The van der Waals surface area contributed by atoms with E-state index in [4.69, 9.17) is 4.74 Å². The summed E-state index contributed by atoms with van der Waals surface area (Å²) in [5.74, 6) is 1.73. The van der Waals surface area contributed by atoms with Gasteiger partial charge in [0.05, 0.1) is 17.1 Å². The Labute approximate surface area is 200 Å². The van der Waals surface area contributed by atoms with Gasteiger partial charge < -0.3 is 19.8 Å². The van der Waals surface area contributed by atoms with E-state index in [9.17, 15) is 15.0 Å². The summed E-state index contributed by atoms with van der Waals surface area (Å²) in [4.78, 5) is 18.2. The van der Waals surface area contributed by atoms with Crippen LogP contribution in [-0.2, 0) is 16.6 Å². The summed E-state index contributed by atoms with van der Waals surface area (Å²) in [5, 5.41) is 23.5. The van der Waals surface area contributed by atoms with Gasteiger partial charge in [-0.3, -0.25) is 9.69 Å². The smallest absolute Gasteiger partial charge is 0.250 e. The Balaban J connectivity index is 1.24. The normalized spacial score (nSPS) is 40.3. The molecular formula is C28H34N2O4. The lowest BCUT2D eigenvalue weighted by molar-refractivity contribution is -0.200. The highest BCUT2D eigenvalue weighted by Gasteiger charge is 2.73.